The Hall–Kier alpha value is -2.16. The minimum absolute atomic E-state index is 0.231. The highest BCUT2D eigenvalue weighted by atomic mass is 35.5. The van der Waals surface area contributed by atoms with E-state index in [9.17, 15) is 9.59 Å². The Balaban J connectivity index is 1.58. The predicted octanol–water partition coefficient (Wildman–Crippen LogP) is 3.33. The van der Waals surface area contributed by atoms with Crippen LogP contribution in [0.15, 0.2) is 47.9 Å². The highest BCUT2D eigenvalue weighted by molar-refractivity contribution is 8.26. The minimum Gasteiger partial charge on any atom is -0.354 e. The van der Waals surface area contributed by atoms with Crippen LogP contribution >= 0.6 is 35.6 Å². The average Bonchev–Trinajstić information content (AvgIpc) is 3.26. The third-order valence-electron chi connectivity index (χ3n) is 4.19. The molecule has 0 spiro atoms. The Kier molecular flexibility index (Phi) is 6.88. The molecule has 28 heavy (non-hydrogen) atoms. The van der Waals surface area contributed by atoms with E-state index in [2.05, 4.69) is 10.3 Å². The third kappa shape index (κ3) is 5.01. The first-order valence-electron chi connectivity index (χ1n) is 8.72. The topological polar surface area (TPSA) is 67.2 Å². The number of aryl methyl sites for hydroxylation is 1. The van der Waals surface area contributed by atoms with Crippen LogP contribution < -0.4 is 5.32 Å². The van der Waals surface area contributed by atoms with Crippen molar-refractivity contribution < 1.29 is 9.59 Å². The number of thioether (sulfide) groups is 1. The molecule has 1 aliphatic rings. The quantitative estimate of drug-likeness (QED) is 0.411. The predicted molar refractivity (Wildman–Crippen MR) is 116 cm³/mol. The van der Waals surface area contributed by atoms with Gasteiger partial charge in [0, 0.05) is 30.5 Å². The van der Waals surface area contributed by atoms with E-state index >= 15 is 0 Å². The number of imidazole rings is 1. The maximum absolute atomic E-state index is 12.8. The lowest BCUT2D eigenvalue weighted by Gasteiger charge is -2.22. The van der Waals surface area contributed by atoms with E-state index in [0.29, 0.717) is 20.8 Å². The Bertz CT molecular complexity index is 914. The van der Waals surface area contributed by atoms with Gasteiger partial charge in [0.2, 0.25) is 5.91 Å². The number of aromatic nitrogens is 2. The molecule has 1 aromatic heterocycles. The molecule has 0 bridgehead atoms. The summed E-state index contributed by atoms with van der Waals surface area (Å²) in [7, 11) is 0. The maximum Gasteiger partial charge on any atom is 0.266 e. The molecule has 2 heterocycles. The number of benzene rings is 1. The largest absolute Gasteiger partial charge is 0.354 e. The molecule has 0 radical (unpaired) electrons. The van der Waals surface area contributed by atoms with Crippen molar-refractivity contribution in [1.29, 1.82) is 0 Å². The molecule has 1 aromatic carbocycles. The number of amides is 2. The SMILES string of the molecule is CC(C(=O)NCCCn1ccnc1)N1C(=O)C(=Cc2cccc(Cl)c2)SC1=S. The molecule has 2 aromatic rings. The number of hydrogen-bond acceptors (Lipinski definition) is 5. The zero-order valence-electron chi connectivity index (χ0n) is 15.2. The van der Waals surface area contributed by atoms with Crippen molar-refractivity contribution in [3.63, 3.8) is 0 Å². The van der Waals surface area contributed by atoms with Crippen molar-refractivity contribution in [1.82, 2.24) is 19.8 Å². The van der Waals surface area contributed by atoms with E-state index in [4.69, 9.17) is 23.8 Å². The second-order valence-electron chi connectivity index (χ2n) is 6.23. The molecule has 1 aliphatic heterocycles. The van der Waals surface area contributed by atoms with Gasteiger partial charge in [-0.05, 0) is 37.1 Å². The van der Waals surface area contributed by atoms with Gasteiger partial charge in [0.15, 0.2) is 0 Å². The van der Waals surface area contributed by atoms with Crippen LogP contribution in [0.3, 0.4) is 0 Å². The fourth-order valence-corrected chi connectivity index (χ4v) is 4.34. The van der Waals surface area contributed by atoms with Gasteiger partial charge in [0.05, 0.1) is 11.2 Å². The van der Waals surface area contributed by atoms with E-state index in [1.54, 1.807) is 37.7 Å². The van der Waals surface area contributed by atoms with E-state index < -0.39 is 6.04 Å². The molecule has 6 nitrogen and oxygen atoms in total. The number of carbonyl (C=O) groups is 2. The summed E-state index contributed by atoms with van der Waals surface area (Å²) in [6.45, 7) is 2.95. The summed E-state index contributed by atoms with van der Waals surface area (Å²) in [4.78, 5) is 31.0. The summed E-state index contributed by atoms with van der Waals surface area (Å²) in [6.07, 6.45) is 7.82. The molecule has 3 rings (SSSR count). The summed E-state index contributed by atoms with van der Waals surface area (Å²) in [6, 6.07) is 6.53. The normalized spacial score (nSPS) is 16.6. The van der Waals surface area contributed by atoms with E-state index in [-0.39, 0.29) is 11.8 Å². The Labute approximate surface area is 177 Å². The lowest BCUT2D eigenvalue weighted by Crippen LogP contribution is -2.47. The summed E-state index contributed by atoms with van der Waals surface area (Å²) in [5.41, 5.74) is 0.810. The molecule has 0 aliphatic carbocycles. The van der Waals surface area contributed by atoms with Gasteiger partial charge in [-0.25, -0.2) is 4.98 Å². The summed E-state index contributed by atoms with van der Waals surface area (Å²) >= 11 is 12.5. The number of carbonyl (C=O) groups excluding carboxylic acids is 2. The van der Waals surface area contributed by atoms with Gasteiger partial charge >= 0.3 is 0 Å². The first-order valence-corrected chi connectivity index (χ1v) is 10.3. The van der Waals surface area contributed by atoms with Crippen molar-refractivity contribution in [3.8, 4) is 0 Å². The van der Waals surface area contributed by atoms with Crippen LogP contribution in [0.4, 0.5) is 0 Å². The molecule has 2 amide bonds. The highest BCUT2D eigenvalue weighted by Gasteiger charge is 2.38. The first-order chi connectivity index (χ1) is 13.5. The van der Waals surface area contributed by atoms with Gasteiger partial charge in [-0.15, -0.1) is 0 Å². The van der Waals surface area contributed by atoms with Gasteiger partial charge in [0.25, 0.3) is 5.91 Å². The molecule has 1 unspecified atom stereocenters. The van der Waals surface area contributed by atoms with Gasteiger partial charge in [-0.3, -0.25) is 14.5 Å². The van der Waals surface area contributed by atoms with Crippen molar-refractivity contribution >= 4 is 57.8 Å². The fraction of sp³-hybridized carbons (Fsp3) is 0.263. The number of nitrogens with zero attached hydrogens (tertiary/aromatic N) is 3. The van der Waals surface area contributed by atoms with E-state index in [0.717, 1.165) is 18.5 Å². The number of hydrogen-bond donors (Lipinski definition) is 1. The number of halogens is 1. The van der Waals surface area contributed by atoms with E-state index in [1.165, 1.54) is 16.7 Å². The summed E-state index contributed by atoms with van der Waals surface area (Å²) < 4.78 is 2.32. The van der Waals surface area contributed by atoms with Crippen LogP contribution in [0.25, 0.3) is 6.08 Å². The van der Waals surface area contributed by atoms with Gasteiger partial charge < -0.3 is 9.88 Å². The van der Waals surface area contributed by atoms with Crippen LogP contribution in [0, 0.1) is 0 Å². The zero-order chi connectivity index (χ0) is 20.1. The second-order valence-corrected chi connectivity index (χ2v) is 8.34. The van der Waals surface area contributed by atoms with Crippen molar-refractivity contribution in [2.45, 2.75) is 25.9 Å². The van der Waals surface area contributed by atoms with Gasteiger partial charge in [-0.2, -0.15) is 0 Å². The Morgan fingerprint density at radius 3 is 3.00 bits per heavy atom. The Morgan fingerprint density at radius 1 is 1.46 bits per heavy atom. The first kappa shape index (κ1) is 20.6. The molecular formula is C19H19ClN4O2S2. The number of thiocarbonyl (C=S) groups is 1. The minimum atomic E-state index is -0.675. The van der Waals surface area contributed by atoms with Crippen LogP contribution in [-0.2, 0) is 16.1 Å². The fourth-order valence-electron chi connectivity index (χ4n) is 2.72. The molecule has 1 saturated heterocycles. The average molecular weight is 435 g/mol. The molecule has 1 N–H and O–H groups in total. The van der Waals surface area contributed by atoms with Crippen molar-refractivity contribution in [2.75, 3.05) is 6.54 Å². The molecular weight excluding hydrogens is 416 g/mol. The molecule has 9 heteroatoms. The van der Waals surface area contributed by atoms with Gasteiger partial charge in [-0.1, -0.05) is 47.7 Å². The summed E-state index contributed by atoms with van der Waals surface area (Å²) in [5, 5.41) is 3.45. The summed E-state index contributed by atoms with van der Waals surface area (Å²) in [5.74, 6) is -0.498. The van der Waals surface area contributed by atoms with E-state index in [1.807, 2.05) is 22.9 Å². The number of rotatable bonds is 7. The van der Waals surface area contributed by atoms with Crippen molar-refractivity contribution in [2.24, 2.45) is 0 Å². The number of nitrogens with one attached hydrogen (secondary N) is 1. The van der Waals surface area contributed by atoms with Gasteiger partial charge in [0.1, 0.15) is 10.4 Å². The van der Waals surface area contributed by atoms with Crippen LogP contribution in [0.1, 0.15) is 18.9 Å². The zero-order valence-corrected chi connectivity index (χ0v) is 17.6. The van der Waals surface area contributed by atoms with Crippen LogP contribution in [0.2, 0.25) is 5.02 Å². The lowest BCUT2D eigenvalue weighted by molar-refractivity contribution is -0.132. The molecule has 1 fully saturated rings. The molecule has 0 saturated carbocycles. The standard InChI is InChI=1S/C19H19ClN4O2S2/c1-13(17(25)22-6-3-8-23-9-7-21-12-23)24-18(26)16(28-19(24)27)11-14-4-2-5-15(20)10-14/h2,4-5,7,9-13H,3,6,8H2,1H3,(H,22,25). The van der Waals surface area contributed by atoms with Crippen LogP contribution in [0.5, 0.6) is 0 Å². The second kappa shape index (κ2) is 9.36. The molecule has 146 valence electrons. The highest BCUT2D eigenvalue weighted by Crippen LogP contribution is 2.34. The Morgan fingerprint density at radius 2 is 2.29 bits per heavy atom. The monoisotopic (exact) mass is 434 g/mol. The third-order valence-corrected chi connectivity index (χ3v) is 5.75. The smallest absolute Gasteiger partial charge is 0.266 e. The van der Waals surface area contributed by atoms with Crippen molar-refractivity contribution in [3.05, 3.63) is 58.5 Å². The molecule has 1 atom stereocenters. The maximum atomic E-state index is 12.8. The lowest BCUT2D eigenvalue weighted by atomic mass is 10.2. The van der Waals surface area contributed by atoms with Crippen LogP contribution in [-0.4, -0.2) is 43.2 Å².